The number of carbonyl (C=O) groups is 2. The quantitative estimate of drug-likeness (QED) is 0.489. The summed E-state index contributed by atoms with van der Waals surface area (Å²) in [5.41, 5.74) is 0.497. The van der Waals surface area contributed by atoms with Crippen LogP contribution in [0.2, 0.25) is 0 Å². The molecule has 12 heteroatoms. The van der Waals surface area contributed by atoms with E-state index in [1.54, 1.807) is 30.3 Å². The van der Waals surface area contributed by atoms with Gasteiger partial charge in [0.15, 0.2) is 6.61 Å². The number of ether oxygens (including phenoxy) is 1. The van der Waals surface area contributed by atoms with Crippen molar-refractivity contribution < 1.29 is 31.5 Å². The van der Waals surface area contributed by atoms with Gasteiger partial charge in [-0.1, -0.05) is 36.0 Å². The molecule has 0 fully saturated rings. The molecular formula is C18H15F2N3O5S2. The summed E-state index contributed by atoms with van der Waals surface area (Å²) >= 11 is 0.278. The van der Waals surface area contributed by atoms with Crippen LogP contribution in [0.5, 0.6) is 0 Å². The number of sulfonamides is 1. The molecular weight excluding hydrogens is 440 g/mol. The van der Waals surface area contributed by atoms with Gasteiger partial charge in [-0.25, -0.2) is 8.42 Å². The molecule has 3 rings (SSSR count). The summed E-state index contributed by atoms with van der Waals surface area (Å²) in [5.74, 6) is -4.23. The van der Waals surface area contributed by atoms with Crippen LogP contribution in [0.15, 0.2) is 63.3 Å². The number of aliphatic imine (C=N–C) groups is 1. The maximum atomic E-state index is 12.6. The van der Waals surface area contributed by atoms with Crippen LogP contribution in [0, 0.1) is 0 Å². The lowest BCUT2D eigenvalue weighted by Crippen LogP contribution is -2.25. The predicted octanol–water partition coefficient (Wildman–Crippen LogP) is 2.22. The second-order valence-corrected chi connectivity index (χ2v) is 8.53. The SMILES string of the molecule is O=C(COC(=O)CN=C1NS(=O)(=O)c2ccccc21)Nc1ccccc1SC(F)F. The molecule has 2 N–H and O–H groups in total. The Bertz CT molecular complexity index is 1110. The van der Waals surface area contributed by atoms with E-state index in [4.69, 9.17) is 4.74 Å². The molecule has 30 heavy (non-hydrogen) atoms. The standard InChI is InChI=1S/C18H15F2N3O5S2/c19-18(20)29-13-7-3-2-6-12(13)22-15(24)10-28-16(25)9-21-17-11-5-1-4-8-14(11)30(26,27)23-17/h1-8,18H,9-10H2,(H,21,23)(H,22,24). The van der Waals surface area contributed by atoms with Crippen molar-refractivity contribution in [2.45, 2.75) is 15.5 Å². The van der Waals surface area contributed by atoms with Crippen molar-refractivity contribution >= 4 is 45.2 Å². The van der Waals surface area contributed by atoms with E-state index >= 15 is 0 Å². The summed E-state index contributed by atoms with van der Waals surface area (Å²) in [4.78, 5) is 27.9. The molecule has 0 saturated heterocycles. The Kier molecular flexibility index (Phi) is 6.67. The zero-order chi connectivity index (χ0) is 21.7. The summed E-state index contributed by atoms with van der Waals surface area (Å²) in [6.07, 6.45) is 0. The number of hydrogen-bond donors (Lipinski definition) is 2. The van der Waals surface area contributed by atoms with E-state index in [0.717, 1.165) is 0 Å². The van der Waals surface area contributed by atoms with Crippen LogP contribution in [-0.4, -0.2) is 45.0 Å². The Hall–Kier alpha value is -2.99. The van der Waals surface area contributed by atoms with Gasteiger partial charge in [0.05, 0.1) is 10.6 Å². The number of anilines is 1. The number of amides is 1. The monoisotopic (exact) mass is 455 g/mol. The molecule has 1 heterocycles. The van der Waals surface area contributed by atoms with Gasteiger partial charge in [0.25, 0.3) is 21.7 Å². The van der Waals surface area contributed by atoms with Crippen molar-refractivity contribution in [1.82, 2.24) is 4.72 Å². The number of rotatable bonds is 7. The molecule has 2 aromatic carbocycles. The van der Waals surface area contributed by atoms with Crippen molar-refractivity contribution in [2.75, 3.05) is 18.5 Å². The lowest BCUT2D eigenvalue weighted by atomic mass is 10.2. The van der Waals surface area contributed by atoms with Crippen LogP contribution in [0.25, 0.3) is 0 Å². The number of carbonyl (C=O) groups excluding carboxylic acids is 2. The van der Waals surface area contributed by atoms with E-state index in [1.165, 1.54) is 18.2 Å². The van der Waals surface area contributed by atoms with Crippen LogP contribution in [-0.2, 0) is 24.3 Å². The first-order valence-corrected chi connectivity index (χ1v) is 10.8. The third kappa shape index (κ3) is 5.33. The minimum absolute atomic E-state index is 0.00459. The number of halogens is 2. The van der Waals surface area contributed by atoms with E-state index < -0.39 is 40.8 Å². The van der Waals surface area contributed by atoms with Crippen LogP contribution < -0.4 is 10.0 Å². The zero-order valence-electron chi connectivity index (χ0n) is 15.2. The number of para-hydroxylation sites is 1. The fourth-order valence-electron chi connectivity index (χ4n) is 2.54. The second kappa shape index (κ2) is 9.22. The highest BCUT2D eigenvalue weighted by atomic mass is 32.2. The number of fused-ring (bicyclic) bond motifs is 1. The Balaban J connectivity index is 1.55. The lowest BCUT2D eigenvalue weighted by molar-refractivity contribution is -0.145. The molecule has 158 valence electrons. The minimum atomic E-state index is -3.73. The van der Waals surface area contributed by atoms with Crippen molar-refractivity contribution in [3.8, 4) is 0 Å². The number of amidine groups is 1. The van der Waals surface area contributed by atoms with Crippen molar-refractivity contribution in [3.63, 3.8) is 0 Å². The number of thioether (sulfide) groups is 1. The van der Waals surface area contributed by atoms with Crippen LogP contribution in [0.4, 0.5) is 14.5 Å². The number of nitrogens with one attached hydrogen (secondary N) is 2. The van der Waals surface area contributed by atoms with Gasteiger partial charge in [-0.05, 0) is 24.3 Å². The van der Waals surface area contributed by atoms with Crippen LogP contribution in [0.1, 0.15) is 5.56 Å². The lowest BCUT2D eigenvalue weighted by Gasteiger charge is -2.10. The fraction of sp³-hybridized carbons (Fsp3) is 0.167. The number of esters is 1. The van der Waals surface area contributed by atoms with E-state index in [-0.39, 0.29) is 33.1 Å². The molecule has 0 bridgehead atoms. The smallest absolute Gasteiger partial charge is 0.328 e. The zero-order valence-corrected chi connectivity index (χ0v) is 16.8. The largest absolute Gasteiger partial charge is 0.454 e. The molecule has 1 aliphatic heterocycles. The van der Waals surface area contributed by atoms with Gasteiger partial charge < -0.3 is 10.1 Å². The molecule has 0 radical (unpaired) electrons. The molecule has 1 amide bonds. The third-order valence-corrected chi connectivity index (χ3v) is 5.96. The van der Waals surface area contributed by atoms with E-state index in [2.05, 4.69) is 15.0 Å². The average Bonchev–Trinajstić information content (AvgIpc) is 2.96. The van der Waals surface area contributed by atoms with Gasteiger partial charge in [-0.15, -0.1) is 0 Å². The number of alkyl halides is 2. The molecule has 0 unspecified atom stereocenters. The van der Waals surface area contributed by atoms with E-state index in [0.29, 0.717) is 5.56 Å². The maximum absolute atomic E-state index is 12.6. The normalized spacial score (nSPS) is 15.5. The van der Waals surface area contributed by atoms with Crippen molar-refractivity contribution in [3.05, 3.63) is 54.1 Å². The minimum Gasteiger partial charge on any atom is -0.454 e. The second-order valence-electron chi connectivity index (χ2n) is 5.85. The Morgan fingerprint density at radius 2 is 1.83 bits per heavy atom. The van der Waals surface area contributed by atoms with Gasteiger partial charge >= 0.3 is 5.97 Å². The summed E-state index contributed by atoms with van der Waals surface area (Å²) in [5, 5.41) is 2.39. The topological polar surface area (TPSA) is 114 Å². The Labute approximate surface area is 174 Å². The highest BCUT2D eigenvalue weighted by Gasteiger charge is 2.30. The first-order chi connectivity index (χ1) is 14.3. The Morgan fingerprint density at radius 3 is 2.60 bits per heavy atom. The Morgan fingerprint density at radius 1 is 1.13 bits per heavy atom. The highest BCUT2D eigenvalue weighted by Crippen LogP contribution is 2.31. The molecule has 0 saturated carbocycles. The van der Waals surface area contributed by atoms with E-state index in [9.17, 15) is 26.8 Å². The average molecular weight is 455 g/mol. The molecule has 0 spiro atoms. The van der Waals surface area contributed by atoms with Crippen molar-refractivity contribution in [1.29, 1.82) is 0 Å². The number of benzene rings is 2. The first-order valence-electron chi connectivity index (χ1n) is 8.42. The predicted molar refractivity (Wildman–Crippen MR) is 106 cm³/mol. The third-order valence-electron chi connectivity index (χ3n) is 3.77. The molecule has 0 aliphatic carbocycles. The molecule has 0 aromatic heterocycles. The summed E-state index contributed by atoms with van der Waals surface area (Å²) in [7, 11) is -3.73. The maximum Gasteiger partial charge on any atom is 0.328 e. The van der Waals surface area contributed by atoms with Gasteiger partial charge in [0.1, 0.15) is 12.4 Å². The molecule has 1 aliphatic rings. The first kappa shape index (κ1) is 21.7. The van der Waals surface area contributed by atoms with Gasteiger partial charge in [0, 0.05) is 10.5 Å². The van der Waals surface area contributed by atoms with Gasteiger partial charge in [-0.2, -0.15) is 8.78 Å². The van der Waals surface area contributed by atoms with Gasteiger partial charge in [0.2, 0.25) is 0 Å². The van der Waals surface area contributed by atoms with Crippen LogP contribution >= 0.6 is 11.8 Å². The highest BCUT2D eigenvalue weighted by molar-refractivity contribution is 7.99. The van der Waals surface area contributed by atoms with Gasteiger partial charge in [-0.3, -0.25) is 19.3 Å². The molecule has 0 atom stereocenters. The number of hydrogen-bond acceptors (Lipinski definition) is 7. The summed E-state index contributed by atoms with van der Waals surface area (Å²) in [6.45, 7) is -1.17. The molecule has 2 aromatic rings. The fourth-order valence-corrected chi connectivity index (χ4v) is 4.39. The number of nitrogens with zero attached hydrogens (tertiary/aromatic N) is 1. The van der Waals surface area contributed by atoms with Crippen LogP contribution in [0.3, 0.4) is 0 Å². The molecule has 8 nitrogen and oxygen atoms in total. The van der Waals surface area contributed by atoms with Crippen molar-refractivity contribution in [2.24, 2.45) is 4.99 Å². The summed E-state index contributed by atoms with van der Waals surface area (Å²) < 4.78 is 56.2. The summed E-state index contributed by atoms with van der Waals surface area (Å²) in [6, 6.07) is 12.1. The van der Waals surface area contributed by atoms with E-state index in [1.807, 2.05) is 0 Å².